The molecule has 3 heteroatoms. The van der Waals surface area contributed by atoms with Gasteiger partial charge in [0.2, 0.25) is 0 Å². The smallest absolute Gasteiger partial charge is 0.161 e. The largest absolute Gasteiger partial charge is 0.355 e. The molecule has 0 saturated heterocycles. The second kappa shape index (κ2) is 6.72. The predicted molar refractivity (Wildman–Crippen MR) is 73.1 cm³/mol. The lowest BCUT2D eigenvalue weighted by Gasteiger charge is -2.35. The van der Waals surface area contributed by atoms with Crippen LogP contribution in [-0.2, 0) is 9.47 Å². The van der Waals surface area contributed by atoms with Crippen molar-refractivity contribution in [1.82, 2.24) is 5.32 Å². The van der Waals surface area contributed by atoms with E-state index >= 15 is 0 Å². The van der Waals surface area contributed by atoms with Crippen molar-refractivity contribution in [3.63, 3.8) is 0 Å². The summed E-state index contributed by atoms with van der Waals surface area (Å²) in [5.74, 6) is 0.594. The first-order valence-corrected chi connectivity index (χ1v) is 6.43. The summed E-state index contributed by atoms with van der Waals surface area (Å²) in [7, 11) is 3.40. The first-order chi connectivity index (χ1) is 7.62. The van der Waals surface area contributed by atoms with Gasteiger partial charge in [0.05, 0.1) is 0 Å². The fourth-order valence-corrected chi connectivity index (χ4v) is 2.28. The molecule has 0 radical (unpaired) electrons. The van der Waals surface area contributed by atoms with E-state index in [1.807, 2.05) is 0 Å². The molecule has 0 amide bonds. The molecule has 0 bridgehead atoms. The van der Waals surface area contributed by atoms with E-state index < -0.39 is 0 Å². The van der Waals surface area contributed by atoms with Crippen LogP contribution in [0.15, 0.2) is 0 Å². The maximum Gasteiger partial charge on any atom is 0.161 e. The van der Waals surface area contributed by atoms with E-state index in [2.05, 4.69) is 46.9 Å². The van der Waals surface area contributed by atoms with Gasteiger partial charge in [-0.1, -0.05) is 20.8 Å². The molecule has 0 heterocycles. The summed E-state index contributed by atoms with van der Waals surface area (Å²) in [6.45, 7) is 14.3. The Kier molecular flexibility index (Phi) is 6.67. The van der Waals surface area contributed by atoms with E-state index in [1.165, 1.54) is 0 Å². The molecule has 0 aliphatic heterocycles. The molecule has 0 fully saturated rings. The Balaban J connectivity index is 4.21. The van der Waals surface area contributed by atoms with E-state index in [9.17, 15) is 0 Å². The molecular formula is C14H31NO2. The Morgan fingerprint density at radius 1 is 1.00 bits per heavy atom. The molecule has 1 unspecified atom stereocenters. The summed E-state index contributed by atoms with van der Waals surface area (Å²) >= 11 is 0. The number of ether oxygens (including phenoxy) is 2. The van der Waals surface area contributed by atoms with Crippen molar-refractivity contribution in [2.75, 3.05) is 20.8 Å². The van der Waals surface area contributed by atoms with E-state index in [1.54, 1.807) is 14.2 Å². The molecule has 0 rings (SSSR count). The van der Waals surface area contributed by atoms with Gasteiger partial charge in [-0.25, -0.2) is 0 Å². The molecule has 0 aromatic heterocycles. The third-order valence-corrected chi connectivity index (χ3v) is 2.92. The highest BCUT2D eigenvalue weighted by Crippen LogP contribution is 2.31. The first-order valence-electron chi connectivity index (χ1n) is 6.43. The molecular weight excluding hydrogens is 214 g/mol. The maximum absolute atomic E-state index is 5.37. The molecule has 0 aliphatic rings. The third kappa shape index (κ3) is 7.02. The molecule has 0 saturated carbocycles. The van der Waals surface area contributed by atoms with Gasteiger partial charge in [0.15, 0.2) is 6.29 Å². The molecule has 104 valence electrons. The molecule has 1 atom stereocenters. The van der Waals surface area contributed by atoms with E-state index in [-0.39, 0.29) is 17.2 Å². The zero-order valence-corrected chi connectivity index (χ0v) is 12.9. The number of hydrogen-bond donors (Lipinski definition) is 1. The standard InChI is InChI=1S/C14H31NO2/c1-11(10-15-13(2,3)4)9-14(5,6)12(16-7)17-8/h11-12,15H,9-10H2,1-8H3. The lowest BCUT2D eigenvalue weighted by atomic mass is 9.82. The Hall–Kier alpha value is -0.120. The normalized spacial score (nSPS) is 15.4. The molecule has 17 heavy (non-hydrogen) atoms. The molecule has 0 aromatic carbocycles. The highest BCUT2D eigenvalue weighted by atomic mass is 16.7. The van der Waals surface area contributed by atoms with Gasteiger partial charge in [0.25, 0.3) is 0 Å². The molecule has 0 spiro atoms. The fraction of sp³-hybridized carbons (Fsp3) is 1.00. The van der Waals surface area contributed by atoms with Crippen LogP contribution in [0.5, 0.6) is 0 Å². The minimum Gasteiger partial charge on any atom is -0.355 e. The zero-order valence-electron chi connectivity index (χ0n) is 12.9. The number of methoxy groups -OCH3 is 2. The lowest BCUT2D eigenvalue weighted by molar-refractivity contribution is -0.172. The minimum absolute atomic E-state index is 0.0302. The summed E-state index contributed by atoms with van der Waals surface area (Å²) in [5, 5.41) is 3.54. The average Bonchev–Trinajstić information content (AvgIpc) is 2.14. The van der Waals surface area contributed by atoms with Crippen LogP contribution < -0.4 is 5.32 Å². The highest BCUT2D eigenvalue weighted by Gasteiger charge is 2.31. The minimum atomic E-state index is -0.139. The highest BCUT2D eigenvalue weighted by molar-refractivity contribution is 4.78. The summed E-state index contributed by atoms with van der Waals surface area (Å²) in [5.41, 5.74) is 0.211. The van der Waals surface area contributed by atoms with Crippen LogP contribution in [-0.4, -0.2) is 32.6 Å². The van der Waals surface area contributed by atoms with E-state index in [4.69, 9.17) is 9.47 Å². The van der Waals surface area contributed by atoms with E-state index in [0.717, 1.165) is 13.0 Å². The maximum atomic E-state index is 5.37. The van der Waals surface area contributed by atoms with Crippen molar-refractivity contribution >= 4 is 0 Å². The van der Waals surface area contributed by atoms with Gasteiger partial charge in [-0.15, -0.1) is 0 Å². The zero-order chi connectivity index (χ0) is 13.7. The monoisotopic (exact) mass is 245 g/mol. The van der Waals surface area contributed by atoms with Gasteiger partial charge < -0.3 is 14.8 Å². The molecule has 0 aromatic rings. The third-order valence-electron chi connectivity index (χ3n) is 2.92. The van der Waals surface area contributed by atoms with Crippen molar-refractivity contribution in [3.8, 4) is 0 Å². The van der Waals surface area contributed by atoms with Gasteiger partial charge in [0, 0.05) is 25.2 Å². The molecule has 1 N–H and O–H groups in total. The van der Waals surface area contributed by atoms with Crippen LogP contribution in [0.4, 0.5) is 0 Å². The van der Waals surface area contributed by atoms with Crippen LogP contribution in [0.2, 0.25) is 0 Å². The number of rotatable bonds is 7. The van der Waals surface area contributed by atoms with Crippen LogP contribution in [0.1, 0.15) is 48.0 Å². The average molecular weight is 245 g/mol. The number of hydrogen-bond acceptors (Lipinski definition) is 3. The van der Waals surface area contributed by atoms with Crippen LogP contribution in [0.25, 0.3) is 0 Å². The van der Waals surface area contributed by atoms with E-state index in [0.29, 0.717) is 5.92 Å². The van der Waals surface area contributed by atoms with Gasteiger partial charge >= 0.3 is 0 Å². The van der Waals surface area contributed by atoms with Gasteiger partial charge in [-0.3, -0.25) is 0 Å². The Morgan fingerprint density at radius 3 is 1.82 bits per heavy atom. The second-order valence-electron chi connectivity index (χ2n) is 6.73. The Morgan fingerprint density at radius 2 is 1.47 bits per heavy atom. The lowest BCUT2D eigenvalue weighted by Crippen LogP contribution is -2.41. The predicted octanol–water partition coefficient (Wildman–Crippen LogP) is 3.05. The summed E-state index contributed by atoms with van der Waals surface area (Å²) in [4.78, 5) is 0. The second-order valence-corrected chi connectivity index (χ2v) is 6.73. The Labute approximate surface area is 107 Å². The van der Waals surface area contributed by atoms with Crippen molar-refractivity contribution in [1.29, 1.82) is 0 Å². The first kappa shape index (κ1) is 16.9. The van der Waals surface area contributed by atoms with Crippen LogP contribution in [0, 0.1) is 11.3 Å². The van der Waals surface area contributed by atoms with Gasteiger partial charge in [0.1, 0.15) is 0 Å². The van der Waals surface area contributed by atoms with Gasteiger partial charge in [-0.05, 0) is 39.7 Å². The molecule has 0 aliphatic carbocycles. The van der Waals surface area contributed by atoms with Crippen molar-refractivity contribution < 1.29 is 9.47 Å². The van der Waals surface area contributed by atoms with Crippen LogP contribution >= 0.6 is 0 Å². The topological polar surface area (TPSA) is 30.5 Å². The summed E-state index contributed by atoms with van der Waals surface area (Å²) in [6, 6.07) is 0. The SMILES string of the molecule is COC(OC)C(C)(C)CC(C)CNC(C)(C)C. The number of nitrogens with one attached hydrogen (secondary N) is 1. The van der Waals surface area contributed by atoms with Crippen LogP contribution in [0.3, 0.4) is 0 Å². The van der Waals surface area contributed by atoms with Crippen molar-refractivity contribution in [2.24, 2.45) is 11.3 Å². The Bertz CT molecular complexity index is 205. The van der Waals surface area contributed by atoms with Crippen molar-refractivity contribution in [2.45, 2.75) is 59.8 Å². The van der Waals surface area contributed by atoms with Gasteiger partial charge in [-0.2, -0.15) is 0 Å². The molecule has 3 nitrogen and oxygen atoms in total. The summed E-state index contributed by atoms with van der Waals surface area (Å²) < 4.78 is 10.7. The summed E-state index contributed by atoms with van der Waals surface area (Å²) in [6.07, 6.45) is 0.933. The quantitative estimate of drug-likeness (QED) is 0.699. The fourth-order valence-electron chi connectivity index (χ4n) is 2.28. The van der Waals surface area contributed by atoms with Crippen molar-refractivity contribution in [3.05, 3.63) is 0 Å².